The van der Waals surface area contributed by atoms with E-state index in [9.17, 15) is 0 Å². The molecule has 6 heteroatoms. The molecule has 2 N–H and O–H groups in total. The van der Waals surface area contributed by atoms with E-state index in [1.807, 2.05) is 84.9 Å². The average Bonchev–Trinajstić information content (AvgIpc) is 3.74. The summed E-state index contributed by atoms with van der Waals surface area (Å²) in [6.45, 7) is 0. The van der Waals surface area contributed by atoms with Crippen LogP contribution < -0.4 is 0 Å². The van der Waals surface area contributed by atoms with Crippen LogP contribution in [0, 0.1) is 0 Å². The molecule has 190 valence electrons. The summed E-state index contributed by atoms with van der Waals surface area (Å²) >= 11 is 0. The SMILES string of the molecule is c1ccc(-c2ccc(-c3n[nH]c(-c4cccc(-c5nc(-c6ccc(-c7ccccc7)cc6)n[nH]5)c4)n3)cc2)cc1. The molecular formula is C34H24N6. The molecule has 0 atom stereocenters. The zero-order chi connectivity index (χ0) is 26.7. The van der Waals surface area contributed by atoms with Crippen molar-refractivity contribution in [1.82, 2.24) is 30.4 Å². The Labute approximate surface area is 231 Å². The highest BCUT2D eigenvalue weighted by atomic mass is 15.2. The fourth-order valence-corrected chi connectivity index (χ4v) is 4.74. The van der Waals surface area contributed by atoms with Gasteiger partial charge in [-0.25, -0.2) is 9.97 Å². The summed E-state index contributed by atoms with van der Waals surface area (Å²) in [4.78, 5) is 9.52. The Kier molecular flexibility index (Phi) is 6.03. The Bertz CT molecular complexity index is 1730. The fourth-order valence-electron chi connectivity index (χ4n) is 4.74. The number of nitrogens with one attached hydrogen (secondary N) is 2. The molecule has 0 aliphatic heterocycles. The van der Waals surface area contributed by atoms with Crippen LogP contribution in [0.2, 0.25) is 0 Å². The van der Waals surface area contributed by atoms with Gasteiger partial charge in [0, 0.05) is 22.3 Å². The Morgan fingerprint density at radius 2 is 0.675 bits per heavy atom. The van der Waals surface area contributed by atoms with E-state index in [4.69, 9.17) is 9.97 Å². The van der Waals surface area contributed by atoms with Gasteiger partial charge < -0.3 is 0 Å². The van der Waals surface area contributed by atoms with Crippen LogP contribution in [0.3, 0.4) is 0 Å². The van der Waals surface area contributed by atoms with Gasteiger partial charge in [-0.15, -0.1) is 0 Å². The van der Waals surface area contributed by atoms with Crippen LogP contribution in [-0.4, -0.2) is 30.4 Å². The van der Waals surface area contributed by atoms with Crippen molar-refractivity contribution in [2.24, 2.45) is 0 Å². The molecule has 0 aliphatic rings. The minimum Gasteiger partial charge on any atom is -0.259 e. The lowest BCUT2D eigenvalue weighted by atomic mass is 10.0. The molecular weight excluding hydrogens is 492 g/mol. The standard InChI is InChI=1S/C34H24N6/c1-3-8-23(9-4-1)25-14-18-27(19-15-25)31-35-33(39-37-31)29-12-7-13-30(22-29)34-36-32(38-40-34)28-20-16-26(17-21-28)24-10-5-2-6-11-24/h1-22H,(H,35,37,39)(H,36,38,40). The highest BCUT2D eigenvalue weighted by Crippen LogP contribution is 2.28. The van der Waals surface area contributed by atoms with E-state index in [0.29, 0.717) is 23.3 Å². The Morgan fingerprint density at radius 1 is 0.325 bits per heavy atom. The first kappa shape index (κ1) is 23.5. The lowest BCUT2D eigenvalue weighted by Gasteiger charge is -2.02. The van der Waals surface area contributed by atoms with Crippen LogP contribution in [0.1, 0.15) is 0 Å². The van der Waals surface area contributed by atoms with Gasteiger partial charge in [-0.2, -0.15) is 10.2 Å². The minimum atomic E-state index is 0.654. The number of hydrogen-bond acceptors (Lipinski definition) is 4. The Morgan fingerprint density at radius 3 is 1.10 bits per heavy atom. The fraction of sp³-hybridized carbons (Fsp3) is 0. The maximum Gasteiger partial charge on any atom is 0.181 e. The van der Waals surface area contributed by atoms with E-state index >= 15 is 0 Å². The lowest BCUT2D eigenvalue weighted by Crippen LogP contribution is -1.86. The zero-order valence-electron chi connectivity index (χ0n) is 21.5. The molecule has 0 saturated heterocycles. The number of rotatable bonds is 6. The molecule has 5 aromatic carbocycles. The van der Waals surface area contributed by atoms with Crippen molar-refractivity contribution in [3.63, 3.8) is 0 Å². The van der Waals surface area contributed by atoms with Crippen molar-refractivity contribution in [2.45, 2.75) is 0 Å². The molecule has 0 radical (unpaired) electrons. The smallest absolute Gasteiger partial charge is 0.181 e. The molecule has 7 rings (SSSR count). The van der Waals surface area contributed by atoms with Crippen LogP contribution >= 0.6 is 0 Å². The molecule has 0 unspecified atom stereocenters. The Hall–Kier alpha value is -5.62. The summed E-state index contributed by atoms with van der Waals surface area (Å²) in [6, 6.07) is 45.2. The van der Waals surface area contributed by atoms with Crippen molar-refractivity contribution in [1.29, 1.82) is 0 Å². The summed E-state index contributed by atoms with van der Waals surface area (Å²) in [5.41, 5.74) is 8.43. The van der Waals surface area contributed by atoms with E-state index in [0.717, 1.165) is 33.4 Å². The van der Waals surface area contributed by atoms with Crippen molar-refractivity contribution in [3.05, 3.63) is 133 Å². The van der Waals surface area contributed by atoms with Gasteiger partial charge >= 0.3 is 0 Å². The predicted octanol–water partition coefficient (Wildman–Crippen LogP) is 7.92. The van der Waals surface area contributed by atoms with E-state index in [1.165, 1.54) is 11.1 Å². The van der Waals surface area contributed by atoms with Gasteiger partial charge in [-0.1, -0.05) is 127 Å². The van der Waals surface area contributed by atoms with Crippen LogP contribution in [-0.2, 0) is 0 Å². The van der Waals surface area contributed by atoms with Crippen molar-refractivity contribution in [2.75, 3.05) is 0 Å². The second-order valence-electron chi connectivity index (χ2n) is 9.48. The first-order chi connectivity index (χ1) is 19.8. The summed E-state index contributed by atoms with van der Waals surface area (Å²) in [5.74, 6) is 2.70. The minimum absolute atomic E-state index is 0.654. The topological polar surface area (TPSA) is 83.1 Å². The number of hydrogen-bond donors (Lipinski definition) is 2. The number of benzene rings is 5. The third kappa shape index (κ3) is 4.70. The lowest BCUT2D eigenvalue weighted by molar-refractivity contribution is 1.10. The molecule has 2 heterocycles. The monoisotopic (exact) mass is 516 g/mol. The van der Waals surface area contributed by atoms with Gasteiger partial charge in [0.15, 0.2) is 23.3 Å². The van der Waals surface area contributed by atoms with E-state index in [2.05, 4.69) is 68.9 Å². The number of nitrogens with zero attached hydrogens (tertiary/aromatic N) is 4. The maximum absolute atomic E-state index is 4.76. The number of aromatic nitrogens is 6. The van der Waals surface area contributed by atoms with Gasteiger partial charge in [0.05, 0.1) is 0 Å². The third-order valence-corrected chi connectivity index (χ3v) is 6.88. The Balaban J connectivity index is 1.10. The van der Waals surface area contributed by atoms with Gasteiger partial charge in [-0.3, -0.25) is 10.2 Å². The third-order valence-electron chi connectivity index (χ3n) is 6.88. The quantitative estimate of drug-likeness (QED) is 0.235. The van der Waals surface area contributed by atoms with Crippen LogP contribution in [0.4, 0.5) is 0 Å². The number of H-pyrrole nitrogens is 2. The second-order valence-corrected chi connectivity index (χ2v) is 9.48. The van der Waals surface area contributed by atoms with Gasteiger partial charge in [0.25, 0.3) is 0 Å². The van der Waals surface area contributed by atoms with E-state index in [-0.39, 0.29) is 0 Å². The highest BCUT2D eigenvalue weighted by molar-refractivity contribution is 5.72. The highest BCUT2D eigenvalue weighted by Gasteiger charge is 2.12. The van der Waals surface area contributed by atoms with Gasteiger partial charge in [-0.05, 0) is 28.3 Å². The molecule has 40 heavy (non-hydrogen) atoms. The largest absolute Gasteiger partial charge is 0.259 e. The van der Waals surface area contributed by atoms with Crippen molar-refractivity contribution in [3.8, 4) is 67.8 Å². The predicted molar refractivity (Wildman–Crippen MR) is 159 cm³/mol. The number of aromatic amines is 2. The molecule has 7 aromatic rings. The first-order valence-corrected chi connectivity index (χ1v) is 13.1. The van der Waals surface area contributed by atoms with E-state index in [1.54, 1.807) is 0 Å². The summed E-state index contributed by atoms with van der Waals surface area (Å²) in [5, 5.41) is 15.1. The molecule has 0 amide bonds. The van der Waals surface area contributed by atoms with Crippen molar-refractivity contribution < 1.29 is 0 Å². The molecule has 0 spiro atoms. The summed E-state index contributed by atoms with van der Waals surface area (Å²) in [6.07, 6.45) is 0. The first-order valence-electron chi connectivity index (χ1n) is 13.1. The molecule has 0 aliphatic carbocycles. The molecule has 2 aromatic heterocycles. The second kappa shape index (κ2) is 10.3. The molecule has 0 saturated carbocycles. The molecule has 0 bridgehead atoms. The molecule has 6 nitrogen and oxygen atoms in total. The maximum atomic E-state index is 4.76. The van der Waals surface area contributed by atoms with Crippen LogP contribution in [0.15, 0.2) is 133 Å². The normalized spacial score (nSPS) is 11.0. The van der Waals surface area contributed by atoms with Gasteiger partial charge in [0.2, 0.25) is 0 Å². The van der Waals surface area contributed by atoms with E-state index < -0.39 is 0 Å². The van der Waals surface area contributed by atoms with Crippen molar-refractivity contribution >= 4 is 0 Å². The summed E-state index contributed by atoms with van der Waals surface area (Å²) in [7, 11) is 0. The van der Waals surface area contributed by atoms with Gasteiger partial charge in [0.1, 0.15) is 0 Å². The van der Waals surface area contributed by atoms with Crippen LogP contribution in [0.25, 0.3) is 67.8 Å². The zero-order valence-corrected chi connectivity index (χ0v) is 21.5. The van der Waals surface area contributed by atoms with Crippen LogP contribution in [0.5, 0.6) is 0 Å². The average molecular weight is 517 g/mol. The molecule has 0 fully saturated rings. The summed E-state index contributed by atoms with van der Waals surface area (Å²) < 4.78 is 0.